The Labute approximate surface area is 217 Å². The van der Waals surface area contributed by atoms with Gasteiger partial charge in [0.25, 0.3) is 12.1 Å². The molecular formula is C25H24N6O5S. The van der Waals surface area contributed by atoms with Crippen LogP contribution in [0.5, 0.6) is 5.75 Å². The van der Waals surface area contributed by atoms with E-state index in [4.69, 9.17) is 14.0 Å². The van der Waals surface area contributed by atoms with Gasteiger partial charge in [0.05, 0.1) is 43.9 Å². The number of carbonyl (C=O) groups excluding carboxylic acids is 1. The number of hydrogen-bond donors (Lipinski definition) is 0. The topological polar surface area (TPSA) is 120 Å². The number of morpholine rings is 1. The monoisotopic (exact) mass is 520 g/mol. The molecule has 1 aromatic heterocycles. The number of aromatic nitrogens is 2. The molecule has 5 rings (SSSR count). The largest absolute Gasteiger partial charge is 0.861 e. The summed E-state index contributed by atoms with van der Waals surface area (Å²) in [5.41, 5.74) is 1.68. The van der Waals surface area contributed by atoms with E-state index < -0.39 is 5.90 Å². The summed E-state index contributed by atoms with van der Waals surface area (Å²) < 4.78 is 15.8. The first-order valence-electron chi connectivity index (χ1n) is 11.5. The molecule has 1 fully saturated rings. The highest BCUT2D eigenvalue weighted by molar-refractivity contribution is 8.14. The zero-order valence-corrected chi connectivity index (χ0v) is 20.8. The Bertz CT molecular complexity index is 1350. The maximum Gasteiger partial charge on any atom is 0.324 e. The molecule has 0 saturated carbocycles. The molecule has 1 saturated heterocycles. The standard InChI is InChI=1S/C25H24N6O5S/c1-34-20-9-5-6-18(14-20)15-21-24(33)31(19-7-3-2-4-8-19)25(26-21)37-17-22(32)27-23-16-30(28-36-23)29-10-12-35-13-11-29/h2-9,14-16H,10-13,17H2,1H3/b21-15+. The molecule has 2 aliphatic rings. The molecule has 3 heterocycles. The number of ether oxygens (including phenoxy) is 2. The summed E-state index contributed by atoms with van der Waals surface area (Å²) >= 11 is 1.13. The Kier molecular flexibility index (Phi) is 7.47. The molecule has 11 nitrogen and oxygen atoms in total. The van der Waals surface area contributed by atoms with E-state index in [-0.39, 0.29) is 23.2 Å². The van der Waals surface area contributed by atoms with Gasteiger partial charge in [-0.2, -0.15) is 0 Å². The third-order valence-corrected chi connectivity index (χ3v) is 6.45. The van der Waals surface area contributed by atoms with Gasteiger partial charge in [-0.15, -0.1) is 5.01 Å². The summed E-state index contributed by atoms with van der Waals surface area (Å²) in [5, 5.41) is 18.9. The van der Waals surface area contributed by atoms with Gasteiger partial charge < -0.3 is 14.6 Å². The molecule has 2 aliphatic heterocycles. The number of hydrogen-bond acceptors (Lipinski definition) is 10. The van der Waals surface area contributed by atoms with E-state index in [0.29, 0.717) is 42.9 Å². The molecule has 0 atom stereocenters. The minimum atomic E-state index is -0.441. The van der Waals surface area contributed by atoms with Gasteiger partial charge in [-0.3, -0.25) is 14.2 Å². The Balaban J connectivity index is 1.34. The predicted molar refractivity (Wildman–Crippen MR) is 137 cm³/mol. The summed E-state index contributed by atoms with van der Waals surface area (Å²) in [6, 6.07) is 16.5. The second-order valence-corrected chi connectivity index (χ2v) is 8.94. The molecule has 0 unspecified atom stereocenters. The number of para-hydroxylation sites is 1. The molecule has 190 valence electrons. The minimum Gasteiger partial charge on any atom is -0.861 e. The van der Waals surface area contributed by atoms with E-state index in [2.05, 4.69) is 15.3 Å². The van der Waals surface area contributed by atoms with Gasteiger partial charge in [0, 0.05) is 5.75 Å². The lowest BCUT2D eigenvalue weighted by molar-refractivity contribution is -0.759. The number of benzene rings is 2. The van der Waals surface area contributed by atoms with Crippen LogP contribution >= 0.6 is 11.8 Å². The van der Waals surface area contributed by atoms with Crippen LogP contribution in [0.1, 0.15) is 5.56 Å². The van der Waals surface area contributed by atoms with Gasteiger partial charge >= 0.3 is 5.88 Å². The van der Waals surface area contributed by atoms with Crippen molar-refractivity contribution in [3.8, 4) is 5.75 Å². The number of rotatable bonds is 7. The number of amidine groups is 1. The summed E-state index contributed by atoms with van der Waals surface area (Å²) in [6.07, 6.45) is 3.25. The second-order valence-electron chi connectivity index (χ2n) is 8.00. The predicted octanol–water partition coefficient (Wildman–Crippen LogP) is 1.51. The molecule has 12 heteroatoms. The number of amides is 1. The molecule has 0 aliphatic carbocycles. The average molecular weight is 521 g/mol. The van der Waals surface area contributed by atoms with Crippen LogP contribution in [0.4, 0.5) is 11.6 Å². The van der Waals surface area contributed by atoms with Crippen LogP contribution in [0, 0.1) is 0 Å². The van der Waals surface area contributed by atoms with Crippen molar-refractivity contribution in [3.63, 3.8) is 0 Å². The molecule has 2 aromatic carbocycles. The van der Waals surface area contributed by atoms with E-state index in [1.165, 1.54) is 9.69 Å². The highest BCUT2D eigenvalue weighted by atomic mass is 32.2. The number of anilines is 1. The average Bonchev–Trinajstić information content (AvgIpc) is 3.52. The van der Waals surface area contributed by atoms with Crippen molar-refractivity contribution < 1.29 is 28.7 Å². The normalized spacial score (nSPS) is 17.4. The quantitative estimate of drug-likeness (QED) is 0.199. The molecule has 0 bridgehead atoms. The highest BCUT2D eigenvalue weighted by Gasteiger charge is 2.32. The number of aliphatic imine (C=N–C) groups is 2. The Morgan fingerprint density at radius 3 is 2.81 bits per heavy atom. The first kappa shape index (κ1) is 24.5. The van der Waals surface area contributed by atoms with E-state index in [9.17, 15) is 9.90 Å². The van der Waals surface area contributed by atoms with E-state index in [0.717, 1.165) is 17.3 Å². The SMILES string of the molecule is COc1cccc(/C=C2/N=C(SC/C([O-])=N\c3c[n+](N4CCOCC4)no3)N(c3ccccc3)C2=O)c1. The van der Waals surface area contributed by atoms with Crippen molar-refractivity contribution in [2.75, 3.05) is 49.1 Å². The van der Waals surface area contributed by atoms with Gasteiger partial charge in [0.15, 0.2) is 5.17 Å². The van der Waals surface area contributed by atoms with Crippen LogP contribution in [-0.4, -0.2) is 61.4 Å². The zero-order valence-electron chi connectivity index (χ0n) is 20.0. The maximum atomic E-state index is 13.3. The fourth-order valence-corrected chi connectivity index (χ4v) is 4.54. The third-order valence-electron chi connectivity index (χ3n) is 5.52. The lowest BCUT2D eigenvalue weighted by Crippen LogP contribution is -2.62. The summed E-state index contributed by atoms with van der Waals surface area (Å²) in [6.45, 7) is 2.51. The summed E-state index contributed by atoms with van der Waals surface area (Å²) in [5.74, 6) is -0.000538. The van der Waals surface area contributed by atoms with Gasteiger partial charge in [-0.05, 0) is 41.8 Å². The van der Waals surface area contributed by atoms with Crippen LogP contribution in [0.3, 0.4) is 0 Å². The first-order chi connectivity index (χ1) is 18.1. The molecule has 0 radical (unpaired) electrons. The molecule has 3 aromatic rings. The highest BCUT2D eigenvalue weighted by Crippen LogP contribution is 2.29. The Morgan fingerprint density at radius 2 is 2.03 bits per heavy atom. The molecular weight excluding hydrogens is 496 g/mol. The van der Waals surface area contributed by atoms with Gasteiger partial charge in [-0.1, -0.05) is 42.1 Å². The number of methoxy groups -OCH3 is 1. The van der Waals surface area contributed by atoms with Crippen molar-refractivity contribution in [1.82, 2.24) is 5.27 Å². The van der Waals surface area contributed by atoms with Crippen molar-refractivity contribution in [1.29, 1.82) is 0 Å². The fourth-order valence-electron chi connectivity index (χ4n) is 3.74. The van der Waals surface area contributed by atoms with E-state index >= 15 is 0 Å². The van der Waals surface area contributed by atoms with Crippen molar-refractivity contribution >= 4 is 46.4 Å². The van der Waals surface area contributed by atoms with Crippen LogP contribution in [-0.2, 0) is 9.53 Å². The van der Waals surface area contributed by atoms with Crippen LogP contribution < -0.4 is 24.5 Å². The third kappa shape index (κ3) is 5.81. The second kappa shape index (κ2) is 11.3. The Hall–Kier alpha value is -4.16. The van der Waals surface area contributed by atoms with Crippen molar-refractivity contribution in [2.45, 2.75) is 0 Å². The van der Waals surface area contributed by atoms with Crippen molar-refractivity contribution in [3.05, 3.63) is 72.1 Å². The molecule has 0 N–H and O–H groups in total. The smallest absolute Gasteiger partial charge is 0.324 e. The van der Waals surface area contributed by atoms with Gasteiger partial charge in [0.2, 0.25) is 5.27 Å². The Morgan fingerprint density at radius 1 is 1.22 bits per heavy atom. The zero-order chi connectivity index (χ0) is 25.6. The number of thioether (sulfide) groups is 1. The fraction of sp³-hybridized carbons (Fsp3) is 0.240. The molecule has 0 spiro atoms. The maximum absolute atomic E-state index is 13.3. The van der Waals surface area contributed by atoms with E-state index in [1.807, 2.05) is 59.6 Å². The van der Waals surface area contributed by atoms with Crippen LogP contribution in [0.15, 0.2) is 81.0 Å². The summed E-state index contributed by atoms with van der Waals surface area (Å²) in [4.78, 5) is 24.9. The lowest BCUT2D eigenvalue weighted by atomic mass is 10.2. The first-order valence-corrected chi connectivity index (χ1v) is 12.5. The van der Waals surface area contributed by atoms with E-state index in [1.54, 1.807) is 19.4 Å². The van der Waals surface area contributed by atoms with Gasteiger partial charge in [0.1, 0.15) is 11.4 Å². The minimum absolute atomic E-state index is 0.0415. The lowest BCUT2D eigenvalue weighted by Gasteiger charge is -2.18. The number of nitrogens with zero attached hydrogens (tertiary/aromatic N) is 6. The molecule has 1 amide bonds. The van der Waals surface area contributed by atoms with Gasteiger partial charge in [-0.25, -0.2) is 9.98 Å². The van der Waals surface area contributed by atoms with Crippen molar-refractivity contribution in [2.24, 2.45) is 9.98 Å². The van der Waals surface area contributed by atoms with Crippen LogP contribution in [0.25, 0.3) is 6.08 Å². The number of carbonyl (C=O) groups is 1. The van der Waals surface area contributed by atoms with Crippen LogP contribution in [0.2, 0.25) is 0 Å². The molecule has 37 heavy (non-hydrogen) atoms. The summed E-state index contributed by atoms with van der Waals surface area (Å²) in [7, 11) is 1.58.